The number of hydrogen-bond donors (Lipinski definition) is 8. The Morgan fingerprint density at radius 2 is 1.52 bits per heavy atom. The number of oxime groups is 1. The lowest BCUT2D eigenvalue weighted by Crippen LogP contribution is -2.71. The Bertz CT molecular complexity index is 2010. The van der Waals surface area contributed by atoms with Crippen molar-refractivity contribution >= 4 is 81.3 Å². The number of thiazole rings is 1. The van der Waals surface area contributed by atoms with E-state index in [0.29, 0.717) is 28.2 Å². The van der Waals surface area contributed by atoms with Gasteiger partial charge in [-0.3, -0.25) is 29.0 Å². The van der Waals surface area contributed by atoms with Crippen LogP contribution in [0.5, 0.6) is 5.75 Å². The second-order valence-electron chi connectivity index (χ2n) is 11.4. The maximum Gasteiger partial charge on any atom is 0.352 e. The molecule has 0 unspecified atom stereocenters. The van der Waals surface area contributed by atoms with Crippen LogP contribution in [0.3, 0.4) is 0 Å². The van der Waals surface area contributed by atoms with Crippen LogP contribution in [0.25, 0.3) is 0 Å². The molecule has 1 aromatic heterocycles. The Morgan fingerprint density at radius 1 is 0.981 bits per heavy atom. The average Bonchev–Trinajstić information content (AvgIpc) is 3.57. The number of thioether (sulfide) groups is 2. The summed E-state index contributed by atoms with van der Waals surface area (Å²) in [6.45, 7) is 5.33. The summed E-state index contributed by atoms with van der Waals surface area (Å²) >= 11 is 3.76. The predicted octanol–water partition coefficient (Wildman–Crippen LogP) is -0.290. The van der Waals surface area contributed by atoms with Gasteiger partial charge in [-0.2, -0.15) is 0 Å². The smallest absolute Gasteiger partial charge is 0.352 e. The molecule has 1 aromatic carbocycles. The number of aromatic nitrogens is 1. The van der Waals surface area contributed by atoms with Crippen LogP contribution < -0.4 is 22.1 Å². The van der Waals surface area contributed by atoms with E-state index in [1.54, 1.807) is 19.1 Å². The number of β-lactam (4-membered cyclic amide) rings is 2. The number of amides is 4. The number of nitrogens with two attached hydrogens (primary N) is 2. The Hall–Kier alpha value is -5.68. The van der Waals surface area contributed by atoms with Crippen LogP contribution in [-0.4, -0.2) is 116 Å². The van der Waals surface area contributed by atoms with Crippen LogP contribution in [0, 0.1) is 0 Å². The van der Waals surface area contributed by atoms with Gasteiger partial charge in [0.15, 0.2) is 10.8 Å². The van der Waals surface area contributed by atoms with Gasteiger partial charge in [0.05, 0.1) is 0 Å². The van der Waals surface area contributed by atoms with E-state index in [9.17, 15) is 44.1 Å². The number of carboxylic acids is 2. The molecule has 12 N–H and O–H groups in total. The molecule has 2 fully saturated rings. The van der Waals surface area contributed by atoms with Crippen molar-refractivity contribution < 1.29 is 54.8 Å². The number of hydrogen-bond acceptors (Lipinski definition) is 15. The number of nitrogens with one attached hydrogen (secondary N) is 2. The Kier molecular flexibility index (Phi) is 12.9. The minimum atomic E-state index is -1.24. The van der Waals surface area contributed by atoms with Gasteiger partial charge >= 0.3 is 11.9 Å². The van der Waals surface area contributed by atoms with Crippen LogP contribution >= 0.6 is 34.9 Å². The minimum absolute atomic E-state index is 0. The second kappa shape index (κ2) is 17.0. The van der Waals surface area contributed by atoms with Crippen LogP contribution in [0.2, 0.25) is 0 Å². The van der Waals surface area contributed by atoms with Crippen LogP contribution in [-0.2, 0) is 28.8 Å². The molecule has 54 heavy (non-hydrogen) atoms. The van der Waals surface area contributed by atoms with Gasteiger partial charge in [0.25, 0.3) is 17.7 Å². The summed E-state index contributed by atoms with van der Waals surface area (Å²) in [6.07, 6.45) is 4.79. The van der Waals surface area contributed by atoms with E-state index in [0.717, 1.165) is 16.2 Å². The lowest BCUT2D eigenvalue weighted by Gasteiger charge is -2.49. The van der Waals surface area contributed by atoms with E-state index in [1.807, 2.05) is 0 Å². The molecular weight excluding hydrogens is 769 g/mol. The highest BCUT2D eigenvalue weighted by molar-refractivity contribution is 8.00. The summed E-state index contributed by atoms with van der Waals surface area (Å²) in [6, 6.07) is 3.11. The summed E-state index contributed by atoms with van der Waals surface area (Å²) in [7, 11) is 0. The van der Waals surface area contributed by atoms with E-state index >= 15 is 0 Å². The number of benzene rings is 1. The predicted molar refractivity (Wildman–Crippen MR) is 198 cm³/mol. The standard InChI is InChI=1S/C18H19N3O5S.C14H13N5O5S2.H2O/c1-2-3-10-8-27-17-13(16(24)21(17)14(10)18(25)26)20-15(23)12(19)9-4-6-11(22)7-5-9;1-2-5-3-25-12-8(11(21)19(12)9(5)13(22)23)17-10(20)7(18-24)6-4-26-14(15)16-6;/h2-7,12-13,17,22H,8,19H2,1H3,(H,20,23)(H,25,26);2,4,8,12,24H,1,3H2,(H2,15,16)(H,17,20)(H,22,23);1H2/b3-2-;18-7-;/t12-,13-,17-;8-,12-;/m11./s1. The average molecular weight is 803 g/mol. The molecule has 19 nitrogen and oxygen atoms in total. The number of rotatable bonds is 10. The number of aliphatic carboxylic acids is 2. The minimum Gasteiger partial charge on any atom is -0.508 e. The molecular formula is C32H34N8O11S3. The van der Waals surface area contributed by atoms with Crippen LogP contribution in [0.1, 0.15) is 24.2 Å². The third kappa shape index (κ3) is 7.82. The zero-order valence-corrected chi connectivity index (χ0v) is 30.5. The third-order valence-corrected chi connectivity index (χ3v) is 11.5. The first-order valence-corrected chi connectivity index (χ1v) is 18.4. The molecule has 0 saturated carbocycles. The molecule has 5 heterocycles. The highest BCUT2D eigenvalue weighted by Crippen LogP contribution is 2.42. The molecule has 0 aliphatic carbocycles. The zero-order chi connectivity index (χ0) is 38.7. The lowest BCUT2D eigenvalue weighted by atomic mass is 10.0. The highest BCUT2D eigenvalue weighted by atomic mass is 32.2. The van der Waals surface area contributed by atoms with E-state index < -0.39 is 64.4 Å². The largest absolute Gasteiger partial charge is 0.508 e. The molecule has 0 radical (unpaired) electrons. The monoisotopic (exact) mass is 802 g/mol. The van der Waals surface area contributed by atoms with Gasteiger partial charge in [0, 0.05) is 16.9 Å². The maximum absolute atomic E-state index is 12.5. The second-order valence-corrected chi connectivity index (χ2v) is 14.5. The number of phenols is 1. The van der Waals surface area contributed by atoms with Gasteiger partial charge in [0.1, 0.15) is 51.7 Å². The van der Waals surface area contributed by atoms with Crippen molar-refractivity contribution in [2.24, 2.45) is 10.9 Å². The van der Waals surface area contributed by atoms with Gasteiger partial charge in [-0.05, 0) is 35.8 Å². The molecule has 5 atom stereocenters. The number of allylic oxidation sites excluding steroid dienone is 3. The zero-order valence-electron chi connectivity index (χ0n) is 28.0. The summed E-state index contributed by atoms with van der Waals surface area (Å²) in [4.78, 5) is 78.9. The number of carbonyl (C=O) groups is 6. The van der Waals surface area contributed by atoms with Gasteiger partial charge in [-0.25, -0.2) is 14.6 Å². The molecule has 0 bridgehead atoms. The Labute approximate surface area is 318 Å². The van der Waals surface area contributed by atoms with Gasteiger partial charge in [-0.15, -0.1) is 34.9 Å². The van der Waals surface area contributed by atoms with E-state index in [4.69, 9.17) is 16.7 Å². The molecule has 22 heteroatoms. The maximum atomic E-state index is 12.5. The summed E-state index contributed by atoms with van der Waals surface area (Å²) < 4.78 is 0. The van der Waals surface area contributed by atoms with Gasteiger partial charge in [-0.1, -0.05) is 42.1 Å². The van der Waals surface area contributed by atoms with Crippen molar-refractivity contribution in [3.63, 3.8) is 0 Å². The number of carboxylic acid groups (broad SMARTS) is 2. The quantitative estimate of drug-likeness (QED) is 0.0662. The van der Waals surface area contributed by atoms with Crippen molar-refractivity contribution in [3.8, 4) is 5.75 Å². The third-order valence-electron chi connectivity index (χ3n) is 8.21. The van der Waals surface area contributed by atoms with E-state index in [1.165, 1.54) is 64.1 Å². The molecule has 2 saturated heterocycles. The Balaban J connectivity index is 0.000000236. The van der Waals surface area contributed by atoms with Crippen LogP contribution in [0.15, 0.2) is 82.1 Å². The number of nitrogens with zero attached hydrogens (tertiary/aromatic N) is 4. The molecule has 0 spiro atoms. The summed E-state index contributed by atoms with van der Waals surface area (Å²) in [5.41, 5.74) is 12.4. The summed E-state index contributed by atoms with van der Waals surface area (Å²) in [5.74, 6) is -3.98. The fraction of sp³-hybridized carbons (Fsp3) is 0.250. The van der Waals surface area contributed by atoms with Crippen molar-refractivity contribution in [1.29, 1.82) is 0 Å². The van der Waals surface area contributed by atoms with Gasteiger partial charge in [0.2, 0.25) is 5.91 Å². The number of anilines is 1. The molecule has 4 amide bonds. The molecule has 2 aromatic rings. The first-order valence-electron chi connectivity index (χ1n) is 15.4. The lowest BCUT2D eigenvalue weighted by molar-refractivity contribution is -0.150. The van der Waals surface area contributed by atoms with E-state index in [2.05, 4.69) is 27.4 Å². The number of aromatic hydroxyl groups is 1. The van der Waals surface area contributed by atoms with E-state index in [-0.39, 0.29) is 39.2 Å². The molecule has 4 aliphatic rings. The number of phenolic OH excluding ortho intramolecular Hbond substituents is 1. The fourth-order valence-electron chi connectivity index (χ4n) is 5.67. The normalized spacial score (nSPS) is 22.4. The first kappa shape index (κ1) is 41.1. The molecule has 6 rings (SSSR count). The van der Waals surface area contributed by atoms with Crippen LogP contribution in [0.4, 0.5) is 5.13 Å². The van der Waals surface area contributed by atoms with Crippen molar-refractivity contribution in [2.45, 2.75) is 35.8 Å². The number of carbonyl (C=O) groups excluding carboxylic acids is 4. The molecule has 286 valence electrons. The van der Waals surface area contributed by atoms with Gasteiger partial charge < -0.3 is 48.1 Å². The number of nitrogen functional groups attached to an aromatic ring is 1. The Morgan fingerprint density at radius 3 is 2.00 bits per heavy atom. The van der Waals surface area contributed by atoms with Crippen molar-refractivity contribution in [1.82, 2.24) is 25.4 Å². The van der Waals surface area contributed by atoms with Crippen molar-refractivity contribution in [2.75, 3.05) is 17.2 Å². The highest BCUT2D eigenvalue weighted by Gasteiger charge is 2.55. The summed E-state index contributed by atoms with van der Waals surface area (Å²) in [5, 5.41) is 45.8. The fourth-order valence-corrected chi connectivity index (χ4v) is 8.87. The first-order chi connectivity index (χ1) is 25.2. The number of fused-ring (bicyclic) bond motifs is 2. The molecule has 4 aliphatic heterocycles. The SMILES string of the molecule is C/C=C\C1=C(C(=O)O)N2C(=O)[C@@H](NC(=O)[C@H](N)c3ccc(O)cc3)[C@H]2SC1.C=CC1=C(C(=O)O)N2C(=O)[C@@H](NC(=O)/C(=N\O)c3csc(N)n3)[C@H]2SC1.O. The topological polar surface area (TPSA) is 323 Å². The van der Waals surface area contributed by atoms with Crippen molar-refractivity contribution in [3.05, 3.63) is 88.3 Å².